The van der Waals surface area contributed by atoms with E-state index in [2.05, 4.69) is 0 Å². The molecule has 0 fully saturated rings. The quantitative estimate of drug-likeness (QED) is 0.752. The largest absolute Gasteiger partial charge is 0.459 e. The van der Waals surface area contributed by atoms with E-state index in [1.54, 1.807) is 26.8 Å². The first kappa shape index (κ1) is 16.6. The lowest BCUT2D eigenvalue weighted by Gasteiger charge is -2.11. The van der Waals surface area contributed by atoms with Gasteiger partial charge in [-0.1, -0.05) is 20.8 Å². The van der Waals surface area contributed by atoms with Crippen LogP contribution < -0.4 is 0 Å². The van der Waals surface area contributed by atoms with Crippen LogP contribution in [0.25, 0.3) is 0 Å². The Morgan fingerprint density at radius 2 is 1.89 bits per heavy atom. The van der Waals surface area contributed by atoms with Crippen molar-refractivity contribution in [2.24, 2.45) is 0 Å². The van der Waals surface area contributed by atoms with Crippen LogP contribution in [0.5, 0.6) is 0 Å². The number of carbonyl (C=O) groups excluding carboxylic acids is 1. The standard InChI is InChI=1S/C13H17FO2.C2H6/c1-5-10-7-11(9(4)6-12(10)14)13(15)16-8(2)3;1-2/h6-8H,5H2,1-4H3;1-2H3. The number of rotatable bonds is 3. The average molecular weight is 254 g/mol. The minimum absolute atomic E-state index is 0.165. The second-order valence-electron chi connectivity index (χ2n) is 4.07. The van der Waals surface area contributed by atoms with Gasteiger partial charge in [0.25, 0.3) is 0 Å². The van der Waals surface area contributed by atoms with Crippen LogP contribution in [0, 0.1) is 12.7 Å². The molecule has 0 aliphatic heterocycles. The Morgan fingerprint density at radius 1 is 1.33 bits per heavy atom. The summed E-state index contributed by atoms with van der Waals surface area (Å²) in [6.45, 7) is 11.1. The fourth-order valence-corrected chi connectivity index (χ4v) is 1.49. The highest BCUT2D eigenvalue weighted by Crippen LogP contribution is 2.17. The first-order chi connectivity index (χ1) is 8.45. The normalized spacial score (nSPS) is 9.78. The molecule has 0 aliphatic carbocycles. The Balaban J connectivity index is 0.00000137. The fraction of sp³-hybridized carbons (Fsp3) is 0.533. The molecule has 3 heteroatoms. The number of hydrogen-bond acceptors (Lipinski definition) is 2. The minimum Gasteiger partial charge on any atom is -0.459 e. The van der Waals surface area contributed by atoms with Gasteiger partial charge in [0, 0.05) is 0 Å². The maximum absolute atomic E-state index is 13.4. The Hall–Kier alpha value is -1.38. The molecule has 1 aromatic rings. The molecule has 0 N–H and O–H groups in total. The maximum Gasteiger partial charge on any atom is 0.338 e. The van der Waals surface area contributed by atoms with Gasteiger partial charge in [0.1, 0.15) is 5.82 Å². The predicted octanol–water partition coefficient (Wildman–Crippen LogP) is 4.29. The summed E-state index contributed by atoms with van der Waals surface area (Å²) in [5.41, 5.74) is 1.61. The van der Waals surface area contributed by atoms with Gasteiger partial charge in [-0.3, -0.25) is 0 Å². The second-order valence-corrected chi connectivity index (χ2v) is 4.07. The van der Waals surface area contributed by atoms with Gasteiger partial charge in [-0.25, -0.2) is 9.18 Å². The number of ether oxygens (including phenoxy) is 1. The van der Waals surface area contributed by atoms with Gasteiger partial charge >= 0.3 is 5.97 Å². The van der Waals surface area contributed by atoms with E-state index >= 15 is 0 Å². The summed E-state index contributed by atoms with van der Waals surface area (Å²) in [6, 6.07) is 2.96. The van der Waals surface area contributed by atoms with Crippen LogP contribution in [0.3, 0.4) is 0 Å². The molecular weight excluding hydrogens is 231 g/mol. The molecule has 0 atom stereocenters. The maximum atomic E-state index is 13.4. The van der Waals surface area contributed by atoms with Crippen LogP contribution in [0.1, 0.15) is 56.1 Å². The third-order valence-electron chi connectivity index (χ3n) is 2.34. The Bertz CT molecular complexity index is 398. The summed E-state index contributed by atoms with van der Waals surface area (Å²) in [5, 5.41) is 0. The zero-order valence-electron chi connectivity index (χ0n) is 12.1. The van der Waals surface area contributed by atoms with Crippen LogP contribution in [-0.4, -0.2) is 12.1 Å². The molecule has 1 aromatic carbocycles. The summed E-state index contributed by atoms with van der Waals surface area (Å²) >= 11 is 0. The summed E-state index contributed by atoms with van der Waals surface area (Å²) in [4.78, 5) is 11.7. The first-order valence-electron chi connectivity index (χ1n) is 6.45. The minimum atomic E-state index is -0.387. The lowest BCUT2D eigenvalue weighted by atomic mass is 10.0. The van der Waals surface area contributed by atoms with Crippen molar-refractivity contribution in [1.29, 1.82) is 0 Å². The van der Waals surface area contributed by atoms with E-state index in [-0.39, 0.29) is 17.9 Å². The van der Waals surface area contributed by atoms with Crippen molar-refractivity contribution in [1.82, 2.24) is 0 Å². The van der Waals surface area contributed by atoms with E-state index in [1.807, 2.05) is 20.8 Å². The van der Waals surface area contributed by atoms with Gasteiger partial charge in [-0.2, -0.15) is 0 Å². The van der Waals surface area contributed by atoms with Crippen molar-refractivity contribution in [3.05, 3.63) is 34.6 Å². The summed E-state index contributed by atoms with van der Waals surface area (Å²) < 4.78 is 18.5. The molecule has 0 aromatic heterocycles. The number of carbonyl (C=O) groups is 1. The number of aryl methyl sites for hydroxylation is 2. The van der Waals surface area contributed by atoms with Crippen molar-refractivity contribution in [2.75, 3.05) is 0 Å². The van der Waals surface area contributed by atoms with Crippen molar-refractivity contribution < 1.29 is 13.9 Å². The Morgan fingerprint density at radius 3 is 2.33 bits per heavy atom. The van der Waals surface area contributed by atoms with Crippen molar-refractivity contribution >= 4 is 5.97 Å². The number of halogens is 1. The van der Waals surface area contributed by atoms with Crippen LogP contribution >= 0.6 is 0 Å². The molecule has 0 radical (unpaired) electrons. The molecule has 0 aliphatic rings. The molecule has 1 rings (SSSR count). The van der Waals surface area contributed by atoms with E-state index in [0.717, 1.165) is 0 Å². The van der Waals surface area contributed by atoms with Gasteiger partial charge in [-0.15, -0.1) is 0 Å². The smallest absolute Gasteiger partial charge is 0.338 e. The van der Waals surface area contributed by atoms with Crippen molar-refractivity contribution in [2.45, 2.75) is 54.1 Å². The number of benzene rings is 1. The molecule has 102 valence electrons. The molecule has 0 unspecified atom stereocenters. The van der Waals surface area contributed by atoms with Crippen LogP contribution in [0.4, 0.5) is 4.39 Å². The van der Waals surface area contributed by atoms with Gasteiger partial charge < -0.3 is 4.74 Å². The Labute approximate surface area is 109 Å². The lowest BCUT2D eigenvalue weighted by Crippen LogP contribution is -2.13. The van der Waals surface area contributed by atoms with Gasteiger partial charge in [0.15, 0.2) is 0 Å². The van der Waals surface area contributed by atoms with E-state index in [1.165, 1.54) is 6.07 Å². The predicted molar refractivity (Wildman–Crippen MR) is 72.4 cm³/mol. The zero-order chi connectivity index (χ0) is 14.3. The van der Waals surface area contributed by atoms with Crippen LogP contribution in [0.15, 0.2) is 12.1 Å². The molecule has 0 saturated carbocycles. The highest BCUT2D eigenvalue weighted by Gasteiger charge is 2.14. The SMILES string of the molecule is CC.CCc1cc(C(=O)OC(C)C)c(C)cc1F. The highest BCUT2D eigenvalue weighted by molar-refractivity contribution is 5.91. The molecule has 0 saturated heterocycles. The molecular formula is C15H23FO2. The van der Waals surface area contributed by atoms with E-state index in [4.69, 9.17) is 4.74 Å². The Kier molecular flexibility index (Phi) is 7.25. The van der Waals surface area contributed by atoms with Crippen LogP contribution in [-0.2, 0) is 11.2 Å². The van der Waals surface area contributed by atoms with Gasteiger partial charge in [0.2, 0.25) is 0 Å². The highest BCUT2D eigenvalue weighted by atomic mass is 19.1. The third-order valence-corrected chi connectivity index (χ3v) is 2.34. The number of hydrogen-bond donors (Lipinski definition) is 0. The number of esters is 1. The van der Waals surface area contributed by atoms with E-state index in [0.29, 0.717) is 23.1 Å². The monoisotopic (exact) mass is 254 g/mol. The summed E-state index contributed by atoms with van der Waals surface area (Å²) in [5.74, 6) is -0.650. The van der Waals surface area contributed by atoms with Crippen molar-refractivity contribution in [3.8, 4) is 0 Å². The lowest BCUT2D eigenvalue weighted by molar-refractivity contribution is 0.0377. The molecule has 2 nitrogen and oxygen atoms in total. The molecule has 0 bridgehead atoms. The van der Waals surface area contributed by atoms with E-state index < -0.39 is 0 Å². The molecule has 0 spiro atoms. The topological polar surface area (TPSA) is 26.3 Å². The third kappa shape index (κ3) is 4.47. The fourth-order valence-electron chi connectivity index (χ4n) is 1.49. The van der Waals surface area contributed by atoms with Crippen molar-refractivity contribution in [3.63, 3.8) is 0 Å². The molecule has 0 heterocycles. The van der Waals surface area contributed by atoms with E-state index in [9.17, 15) is 9.18 Å². The zero-order valence-corrected chi connectivity index (χ0v) is 12.1. The molecule has 18 heavy (non-hydrogen) atoms. The average Bonchev–Trinajstić information content (AvgIpc) is 2.30. The molecule has 0 amide bonds. The van der Waals surface area contributed by atoms with Crippen LogP contribution in [0.2, 0.25) is 0 Å². The summed E-state index contributed by atoms with van der Waals surface area (Å²) in [6.07, 6.45) is 0.399. The summed E-state index contributed by atoms with van der Waals surface area (Å²) in [7, 11) is 0. The van der Waals surface area contributed by atoms with Gasteiger partial charge in [0.05, 0.1) is 11.7 Å². The second kappa shape index (κ2) is 7.85. The first-order valence-corrected chi connectivity index (χ1v) is 6.45. The van der Waals surface area contributed by atoms with Gasteiger partial charge in [-0.05, 0) is 50.5 Å².